The van der Waals surface area contributed by atoms with E-state index in [0.29, 0.717) is 17.6 Å². The Morgan fingerprint density at radius 2 is 2.04 bits per heavy atom. The lowest BCUT2D eigenvalue weighted by Gasteiger charge is -2.56. The molecular formula is C21H30O2. The van der Waals surface area contributed by atoms with Crippen molar-refractivity contribution in [1.82, 2.24) is 0 Å². The number of aliphatic hydroxyl groups is 1. The van der Waals surface area contributed by atoms with Crippen molar-refractivity contribution < 1.29 is 9.90 Å². The second-order valence-corrected chi connectivity index (χ2v) is 8.52. The smallest absolute Gasteiger partial charge is 0.155 e. The van der Waals surface area contributed by atoms with Gasteiger partial charge in [-0.3, -0.25) is 4.79 Å². The number of ketones is 1. The molecule has 0 heterocycles. The summed E-state index contributed by atoms with van der Waals surface area (Å²) in [4.78, 5) is 11.8. The second-order valence-electron chi connectivity index (χ2n) is 8.52. The summed E-state index contributed by atoms with van der Waals surface area (Å²) < 4.78 is 0. The molecule has 0 unspecified atom stereocenters. The number of rotatable bonds is 2. The fourth-order valence-corrected chi connectivity index (χ4v) is 7.10. The van der Waals surface area contributed by atoms with Crippen LogP contribution in [0.15, 0.2) is 24.3 Å². The van der Waals surface area contributed by atoms with Crippen molar-refractivity contribution in [3.63, 3.8) is 0 Å². The summed E-state index contributed by atoms with van der Waals surface area (Å²) in [6.45, 7) is 6.24. The Balaban J connectivity index is 1.67. The molecule has 126 valence electrons. The Kier molecular flexibility index (Phi) is 3.61. The van der Waals surface area contributed by atoms with E-state index < -0.39 is 5.60 Å². The summed E-state index contributed by atoms with van der Waals surface area (Å²) in [5, 5.41) is 11.2. The van der Waals surface area contributed by atoms with Crippen LogP contribution in [0, 0.1) is 29.1 Å². The van der Waals surface area contributed by atoms with Gasteiger partial charge in [-0.25, -0.2) is 0 Å². The molecule has 0 bridgehead atoms. The van der Waals surface area contributed by atoms with E-state index in [4.69, 9.17) is 0 Å². The van der Waals surface area contributed by atoms with Crippen LogP contribution in [-0.2, 0) is 4.79 Å². The van der Waals surface area contributed by atoms with Gasteiger partial charge in [0.2, 0.25) is 0 Å². The molecule has 0 saturated heterocycles. The Bertz CT molecular complexity index is 562. The average molecular weight is 314 g/mol. The SMILES string of the molecule is C=C[C@]1(O)CC[C@H]2[C@@H]3CCC4=CC(=O)CC[C@@H]4[C@H]3CC[C@@]21CC. The van der Waals surface area contributed by atoms with E-state index in [1.54, 1.807) is 0 Å². The van der Waals surface area contributed by atoms with Crippen LogP contribution in [-0.4, -0.2) is 16.5 Å². The molecule has 23 heavy (non-hydrogen) atoms. The van der Waals surface area contributed by atoms with Crippen LogP contribution < -0.4 is 0 Å². The summed E-state index contributed by atoms with van der Waals surface area (Å²) >= 11 is 0. The fraction of sp³-hybridized carbons (Fsp3) is 0.762. The van der Waals surface area contributed by atoms with Crippen molar-refractivity contribution in [2.45, 2.75) is 70.3 Å². The third-order valence-electron chi connectivity index (χ3n) is 8.18. The van der Waals surface area contributed by atoms with Gasteiger partial charge < -0.3 is 5.11 Å². The molecule has 0 aliphatic heterocycles. The molecule has 4 aliphatic carbocycles. The first-order chi connectivity index (χ1) is 11.0. The minimum atomic E-state index is -0.657. The van der Waals surface area contributed by atoms with Gasteiger partial charge in [-0.1, -0.05) is 18.6 Å². The molecule has 6 atom stereocenters. The maximum absolute atomic E-state index is 11.8. The molecule has 0 aromatic carbocycles. The van der Waals surface area contributed by atoms with Gasteiger partial charge in [-0.2, -0.15) is 0 Å². The Labute approximate surface area is 140 Å². The predicted octanol–water partition coefficient (Wildman–Crippen LogP) is 4.44. The maximum atomic E-state index is 11.8. The number of allylic oxidation sites excluding steroid dienone is 1. The summed E-state index contributed by atoms with van der Waals surface area (Å²) in [5.41, 5.74) is 0.848. The van der Waals surface area contributed by atoms with Gasteiger partial charge in [0, 0.05) is 11.8 Å². The Hall–Kier alpha value is -0.890. The maximum Gasteiger partial charge on any atom is 0.155 e. The molecule has 0 spiro atoms. The lowest BCUT2D eigenvalue weighted by molar-refractivity contribution is -0.117. The van der Waals surface area contributed by atoms with Crippen LogP contribution >= 0.6 is 0 Å². The number of hydrogen-bond acceptors (Lipinski definition) is 2. The zero-order valence-corrected chi connectivity index (χ0v) is 14.4. The molecule has 2 nitrogen and oxygen atoms in total. The van der Waals surface area contributed by atoms with E-state index >= 15 is 0 Å². The average Bonchev–Trinajstić information content (AvgIpc) is 2.88. The van der Waals surface area contributed by atoms with Crippen LogP contribution in [0.25, 0.3) is 0 Å². The predicted molar refractivity (Wildman–Crippen MR) is 91.9 cm³/mol. The van der Waals surface area contributed by atoms with Gasteiger partial charge in [-0.15, -0.1) is 6.58 Å². The normalized spacial score (nSPS) is 49.0. The summed E-state index contributed by atoms with van der Waals surface area (Å²) in [5.74, 6) is 3.13. The van der Waals surface area contributed by atoms with Gasteiger partial charge in [0.05, 0.1) is 5.60 Å². The quantitative estimate of drug-likeness (QED) is 0.765. The van der Waals surface area contributed by atoms with Crippen LogP contribution in [0.2, 0.25) is 0 Å². The molecule has 2 heteroatoms. The third kappa shape index (κ3) is 2.00. The van der Waals surface area contributed by atoms with Gasteiger partial charge in [0.25, 0.3) is 0 Å². The fourth-order valence-electron chi connectivity index (χ4n) is 7.10. The topological polar surface area (TPSA) is 37.3 Å². The Morgan fingerprint density at radius 1 is 1.22 bits per heavy atom. The largest absolute Gasteiger partial charge is 0.385 e. The highest BCUT2D eigenvalue weighted by Gasteiger charge is 2.62. The number of fused-ring (bicyclic) bond motifs is 5. The molecule has 0 radical (unpaired) electrons. The zero-order chi connectivity index (χ0) is 16.2. The van der Waals surface area contributed by atoms with E-state index in [1.807, 2.05) is 12.2 Å². The molecule has 4 aliphatic rings. The lowest BCUT2D eigenvalue weighted by Crippen LogP contribution is -2.53. The van der Waals surface area contributed by atoms with E-state index in [-0.39, 0.29) is 5.41 Å². The highest BCUT2D eigenvalue weighted by atomic mass is 16.3. The van der Waals surface area contributed by atoms with Crippen molar-refractivity contribution in [1.29, 1.82) is 0 Å². The van der Waals surface area contributed by atoms with Gasteiger partial charge in [-0.05, 0) is 81.1 Å². The van der Waals surface area contributed by atoms with Crippen LogP contribution in [0.5, 0.6) is 0 Å². The van der Waals surface area contributed by atoms with Crippen molar-refractivity contribution in [3.05, 3.63) is 24.3 Å². The third-order valence-corrected chi connectivity index (χ3v) is 8.18. The van der Waals surface area contributed by atoms with Crippen LogP contribution in [0.4, 0.5) is 0 Å². The standard InChI is InChI=1S/C21H30O2/c1-3-20-11-9-17-16-8-6-15(22)13-14(16)5-7-18(17)19(20)10-12-21(20,23)4-2/h4,13,16-19,23H,2-3,5-12H2,1H3/t16-,17+,18+,19-,20-,21-/m0/s1. The summed E-state index contributed by atoms with van der Waals surface area (Å²) in [6, 6.07) is 0. The molecular weight excluding hydrogens is 284 g/mol. The van der Waals surface area contributed by atoms with E-state index in [1.165, 1.54) is 18.4 Å². The first-order valence-corrected chi connectivity index (χ1v) is 9.64. The number of hydrogen-bond donors (Lipinski definition) is 1. The molecule has 4 rings (SSSR count). The molecule has 3 saturated carbocycles. The van der Waals surface area contributed by atoms with Crippen molar-refractivity contribution in [3.8, 4) is 0 Å². The molecule has 3 fully saturated rings. The molecule has 0 amide bonds. The number of carbonyl (C=O) groups is 1. The van der Waals surface area contributed by atoms with Gasteiger partial charge >= 0.3 is 0 Å². The zero-order valence-electron chi connectivity index (χ0n) is 14.4. The van der Waals surface area contributed by atoms with Crippen molar-refractivity contribution >= 4 is 5.78 Å². The summed E-state index contributed by atoms with van der Waals surface area (Å²) in [7, 11) is 0. The Morgan fingerprint density at radius 3 is 2.78 bits per heavy atom. The van der Waals surface area contributed by atoms with Crippen LogP contribution in [0.1, 0.15) is 64.7 Å². The summed E-state index contributed by atoms with van der Waals surface area (Å²) in [6.07, 6.45) is 13.4. The highest BCUT2D eigenvalue weighted by molar-refractivity contribution is 5.91. The van der Waals surface area contributed by atoms with Crippen LogP contribution in [0.3, 0.4) is 0 Å². The minimum absolute atomic E-state index is 0.0572. The van der Waals surface area contributed by atoms with E-state index in [2.05, 4.69) is 13.5 Å². The molecule has 0 aromatic heterocycles. The monoisotopic (exact) mass is 314 g/mol. The van der Waals surface area contributed by atoms with Crippen molar-refractivity contribution in [2.24, 2.45) is 29.1 Å². The van der Waals surface area contributed by atoms with E-state index in [0.717, 1.165) is 56.8 Å². The lowest BCUT2D eigenvalue weighted by atomic mass is 9.49. The number of carbonyl (C=O) groups excluding carboxylic acids is 1. The van der Waals surface area contributed by atoms with Gasteiger partial charge in [0.15, 0.2) is 5.78 Å². The highest BCUT2D eigenvalue weighted by Crippen LogP contribution is 2.66. The van der Waals surface area contributed by atoms with E-state index in [9.17, 15) is 9.90 Å². The molecule has 1 N–H and O–H groups in total. The van der Waals surface area contributed by atoms with Gasteiger partial charge in [0.1, 0.15) is 0 Å². The second kappa shape index (κ2) is 5.31. The first kappa shape index (κ1) is 15.6. The minimum Gasteiger partial charge on any atom is -0.385 e. The van der Waals surface area contributed by atoms with Crippen molar-refractivity contribution in [2.75, 3.05) is 0 Å². The molecule has 0 aromatic rings. The first-order valence-electron chi connectivity index (χ1n) is 9.64.